The van der Waals surface area contributed by atoms with E-state index in [1.165, 1.54) is 26.8 Å². The van der Waals surface area contributed by atoms with Crippen LogP contribution in [-0.2, 0) is 24.2 Å². The summed E-state index contributed by atoms with van der Waals surface area (Å²) < 4.78 is 34.0. The molecule has 1 aromatic rings. The molecule has 0 spiro atoms. The molecule has 1 aliphatic rings. The van der Waals surface area contributed by atoms with E-state index in [0.29, 0.717) is 26.1 Å². The molecule has 10 heteroatoms. The highest BCUT2D eigenvalue weighted by Gasteiger charge is 2.46. The Balaban J connectivity index is 2.14. The van der Waals surface area contributed by atoms with Crippen LogP contribution in [0.1, 0.15) is 45.2 Å². The molecule has 1 aliphatic heterocycles. The zero-order valence-corrected chi connectivity index (χ0v) is 15.1. The largest absolute Gasteiger partial charge is 0.481 e. The van der Waals surface area contributed by atoms with E-state index < -0.39 is 37.6 Å². The van der Waals surface area contributed by atoms with Crippen LogP contribution in [-0.4, -0.2) is 53.8 Å². The third-order valence-corrected chi connectivity index (χ3v) is 7.40. The van der Waals surface area contributed by atoms with E-state index in [2.05, 4.69) is 10.5 Å². The minimum Gasteiger partial charge on any atom is -0.481 e. The lowest BCUT2D eigenvalue weighted by Gasteiger charge is -2.30. The van der Waals surface area contributed by atoms with Crippen LogP contribution in [0, 0.1) is 0 Å². The fraction of sp³-hybridized carbons (Fsp3) is 0.667. The quantitative estimate of drug-likeness (QED) is 0.757. The van der Waals surface area contributed by atoms with E-state index in [4.69, 9.17) is 14.4 Å². The molecule has 1 atom stereocenters. The SMILES string of the molecule is CC(C(=O)O)c1cc(NC(=O)C(C)(C)S(=O)(=O)C2CCOCC2)on1. The van der Waals surface area contributed by atoms with Crippen LogP contribution in [0.25, 0.3) is 0 Å². The van der Waals surface area contributed by atoms with Gasteiger partial charge in [-0.1, -0.05) is 5.16 Å². The Kier molecular flexibility index (Phi) is 5.52. The highest BCUT2D eigenvalue weighted by Crippen LogP contribution is 2.29. The molecule has 0 saturated carbocycles. The molecule has 1 unspecified atom stereocenters. The first-order valence-corrected chi connectivity index (χ1v) is 9.44. The number of nitrogens with zero attached hydrogens (tertiary/aromatic N) is 1. The Bertz CT molecular complexity index is 748. The number of ether oxygens (including phenoxy) is 1. The highest BCUT2D eigenvalue weighted by atomic mass is 32.2. The molecule has 25 heavy (non-hydrogen) atoms. The van der Waals surface area contributed by atoms with Crippen LogP contribution in [0.2, 0.25) is 0 Å². The van der Waals surface area contributed by atoms with Crippen molar-refractivity contribution in [3.8, 4) is 0 Å². The predicted octanol–water partition coefficient (Wildman–Crippen LogP) is 1.17. The van der Waals surface area contributed by atoms with Gasteiger partial charge >= 0.3 is 5.97 Å². The molecule has 0 bridgehead atoms. The molecule has 140 valence electrons. The molecule has 0 aliphatic carbocycles. The second-order valence-corrected chi connectivity index (χ2v) is 9.27. The van der Waals surface area contributed by atoms with Gasteiger partial charge in [-0.15, -0.1) is 0 Å². The molecule has 2 heterocycles. The number of rotatable bonds is 6. The van der Waals surface area contributed by atoms with E-state index in [9.17, 15) is 18.0 Å². The van der Waals surface area contributed by atoms with Gasteiger partial charge in [-0.2, -0.15) is 0 Å². The fourth-order valence-electron chi connectivity index (χ4n) is 2.47. The minimum atomic E-state index is -3.75. The van der Waals surface area contributed by atoms with Gasteiger partial charge in [0.1, 0.15) is 4.75 Å². The fourth-order valence-corrected chi connectivity index (χ4v) is 4.43. The van der Waals surface area contributed by atoms with Crippen molar-refractivity contribution in [2.45, 2.75) is 49.5 Å². The molecule has 1 fully saturated rings. The molecule has 1 saturated heterocycles. The smallest absolute Gasteiger partial charge is 0.312 e. The lowest BCUT2D eigenvalue weighted by Crippen LogP contribution is -2.50. The van der Waals surface area contributed by atoms with Crippen molar-refractivity contribution in [2.75, 3.05) is 18.5 Å². The third-order valence-electron chi connectivity index (χ3n) is 4.44. The summed E-state index contributed by atoms with van der Waals surface area (Å²) in [5.74, 6) is -2.85. The second kappa shape index (κ2) is 7.12. The number of nitrogens with one attached hydrogen (secondary N) is 1. The van der Waals surface area contributed by atoms with Crippen LogP contribution >= 0.6 is 0 Å². The Morgan fingerprint density at radius 1 is 1.36 bits per heavy atom. The minimum absolute atomic E-state index is 0.0941. The average Bonchev–Trinajstić information content (AvgIpc) is 3.02. The summed E-state index contributed by atoms with van der Waals surface area (Å²) in [7, 11) is -3.75. The number of hydrogen-bond donors (Lipinski definition) is 2. The number of amides is 1. The van der Waals surface area contributed by atoms with E-state index >= 15 is 0 Å². The topological polar surface area (TPSA) is 136 Å². The maximum atomic E-state index is 12.8. The van der Waals surface area contributed by atoms with Crippen molar-refractivity contribution in [1.82, 2.24) is 5.16 Å². The third kappa shape index (κ3) is 3.84. The van der Waals surface area contributed by atoms with Gasteiger partial charge in [0.05, 0.1) is 16.9 Å². The van der Waals surface area contributed by atoms with Crippen LogP contribution < -0.4 is 5.32 Å². The van der Waals surface area contributed by atoms with E-state index in [1.807, 2.05) is 0 Å². The molecule has 2 rings (SSSR count). The molecular formula is C15H22N2O7S. The van der Waals surface area contributed by atoms with Gasteiger partial charge < -0.3 is 14.4 Å². The van der Waals surface area contributed by atoms with E-state index in [0.717, 1.165) is 0 Å². The number of sulfone groups is 1. The summed E-state index contributed by atoms with van der Waals surface area (Å²) in [5, 5.41) is 14.3. The highest BCUT2D eigenvalue weighted by molar-refractivity contribution is 7.94. The Morgan fingerprint density at radius 2 is 1.96 bits per heavy atom. The molecule has 1 aromatic heterocycles. The maximum Gasteiger partial charge on any atom is 0.312 e. The number of aromatic nitrogens is 1. The van der Waals surface area contributed by atoms with Crippen molar-refractivity contribution >= 4 is 27.6 Å². The summed E-state index contributed by atoms with van der Waals surface area (Å²) in [6, 6.07) is 1.27. The van der Waals surface area contributed by atoms with Gasteiger partial charge in [0.25, 0.3) is 0 Å². The molecular weight excluding hydrogens is 352 g/mol. The van der Waals surface area contributed by atoms with Crippen molar-refractivity contribution in [2.24, 2.45) is 0 Å². The van der Waals surface area contributed by atoms with Gasteiger partial charge in [-0.05, 0) is 33.6 Å². The van der Waals surface area contributed by atoms with Crippen LogP contribution in [0.5, 0.6) is 0 Å². The zero-order chi connectivity index (χ0) is 18.8. The summed E-state index contributed by atoms with van der Waals surface area (Å²) in [6.45, 7) is 4.79. The number of carboxylic acids is 1. The van der Waals surface area contributed by atoms with Crippen LogP contribution in [0.4, 0.5) is 5.88 Å². The number of carbonyl (C=O) groups is 2. The normalized spacial score (nSPS) is 17.9. The first-order chi connectivity index (χ1) is 11.6. The summed E-state index contributed by atoms with van der Waals surface area (Å²) >= 11 is 0. The first kappa shape index (κ1) is 19.4. The van der Waals surface area contributed by atoms with Crippen molar-refractivity contribution < 1.29 is 32.4 Å². The summed E-state index contributed by atoms with van der Waals surface area (Å²) in [4.78, 5) is 23.4. The Hall–Kier alpha value is -1.94. The molecule has 0 radical (unpaired) electrons. The zero-order valence-electron chi connectivity index (χ0n) is 14.3. The lowest BCUT2D eigenvalue weighted by molar-refractivity contribution is -0.138. The van der Waals surface area contributed by atoms with Gasteiger partial charge in [0, 0.05) is 19.3 Å². The Labute approximate surface area is 145 Å². The molecule has 0 aromatic carbocycles. The number of anilines is 1. The van der Waals surface area contributed by atoms with Crippen molar-refractivity contribution in [3.63, 3.8) is 0 Å². The lowest BCUT2D eigenvalue weighted by atomic mass is 10.1. The molecule has 2 N–H and O–H groups in total. The summed E-state index contributed by atoms with van der Waals surface area (Å²) in [6.07, 6.45) is 0.698. The standard InChI is InChI=1S/C15H22N2O7S/c1-9(13(18)19)11-8-12(24-17-11)16-14(20)15(2,3)25(21,22)10-4-6-23-7-5-10/h8-10H,4-7H2,1-3H3,(H,16,20)(H,18,19). The number of hydrogen-bond acceptors (Lipinski definition) is 7. The van der Waals surface area contributed by atoms with Gasteiger partial charge in [0.2, 0.25) is 11.8 Å². The predicted molar refractivity (Wildman–Crippen MR) is 88.0 cm³/mol. The monoisotopic (exact) mass is 374 g/mol. The van der Waals surface area contributed by atoms with Gasteiger partial charge in [0.15, 0.2) is 9.84 Å². The van der Waals surface area contributed by atoms with Gasteiger partial charge in [-0.25, -0.2) is 8.42 Å². The van der Waals surface area contributed by atoms with Crippen LogP contribution in [0.3, 0.4) is 0 Å². The maximum absolute atomic E-state index is 12.8. The van der Waals surface area contributed by atoms with Crippen LogP contribution in [0.15, 0.2) is 10.6 Å². The van der Waals surface area contributed by atoms with Gasteiger partial charge in [-0.3, -0.25) is 14.9 Å². The molecule has 9 nitrogen and oxygen atoms in total. The average molecular weight is 374 g/mol. The molecule has 1 amide bonds. The number of aliphatic carboxylic acids is 1. The van der Waals surface area contributed by atoms with E-state index in [-0.39, 0.29) is 11.6 Å². The number of carboxylic acid groups (broad SMARTS) is 1. The number of carbonyl (C=O) groups excluding carboxylic acids is 1. The Morgan fingerprint density at radius 3 is 2.52 bits per heavy atom. The summed E-state index contributed by atoms with van der Waals surface area (Å²) in [5.41, 5.74) is 0.132. The van der Waals surface area contributed by atoms with Crippen molar-refractivity contribution in [3.05, 3.63) is 11.8 Å². The second-order valence-electron chi connectivity index (χ2n) is 6.50. The first-order valence-electron chi connectivity index (χ1n) is 7.89. The van der Waals surface area contributed by atoms with E-state index in [1.54, 1.807) is 0 Å². The van der Waals surface area contributed by atoms with Crippen molar-refractivity contribution in [1.29, 1.82) is 0 Å².